The minimum atomic E-state index is -0.633. The van der Waals surface area contributed by atoms with Crippen LogP contribution < -0.4 is 5.73 Å². The number of carbonyl (C=O) groups is 3. The van der Waals surface area contributed by atoms with Gasteiger partial charge in [0, 0.05) is 12.5 Å². The number of para-hydroxylation sites is 1. The van der Waals surface area contributed by atoms with Crippen molar-refractivity contribution >= 4 is 17.8 Å². The minimum absolute atomic E-state index is 0.288. The van der Waals surface area contributed by atoms with E-state index in [0.717, 1.165) is 37.1 Å². The average molecular weight is 396 g/mol. The van der Waals surface area contributed by atoms with Gasteiger partial charge in [0.05, 0.1) is 11.4 Å². The van der Waals surface area contributed by atoms with E-state index in [1.54, 1.807) is 10.7 Å². The molecule has 8 heteroatoms. The third-order valence-electron chi connectivity index (χ3n) is 5.41. The van der Waals surface area contributed by atoms with Gasteiger partial charge >= 0.3 is 5.97 Å². The largest absolute Gasteiger partial charge is 0.451 e. The predicted octanol–water partition coefficient (Wildman–Crippen LogP) is 1.77. The Kier molecular flexibility index (Phi) is 5.33. The Morgan fingerprint density at radius 2 is 1.86 bits per heavy atom. The molecule has 152 valence electrons. The molecule has 8 nitrogen and oxygen atoms in total. The fourth-order valence-electron chi connectivity index (χ4n) is 3.70. The summed E-state index contributed by atoms with van der Waals surface area (Å²) in [6, 6.07) is 10.4. The van der Waals surface area contributed by atoms with Crippen molar-refractivity contribution in [3.63, 3.8) is 0 Å². The topological polar surface area (TPSA) is 108 Å². The number of rotatable bonds is 6. The minimum Gasteiger partial charge on any atom is -0.451 e. The second kappa shape index (κ2) is 8.06. The normalized spacial score (nSPS) is 19.0. The van der Waals surface area contributed by atoms with Crippen LogP contribution in [0.2, 0.25) is 0 Å². The Balaban J connectivity index is 1.48. The second-order valence-corrected chi connectivity index (χ2v) is 7.55. The number of hydrogen-bond acceptors (Lipinski definition) is 5. The van der Waals surface area contributed by atoms with Crippen LogP contribution >= 0.6 is 0 Å². The fraction of sp³-hybridized carbons (Fsp3) is 0.429. The van der Waals surface area contributed by atoms with Gasteiger partial charge in [0.2, 0.25) is 5.91 Å². The molecule has 1 aliphatic heterocycles. The number of benzene rings is 1. The number of primary amides is 1. The Bertz CT molecular complexity index is 920. The third-order valence-corrected chi connectivity index (χ3v) is 5.41. The summed E-state index contributed by atoms with van der Waals surface area (Å²) in [5, 5.41) is 4.58. The molecular weight excluding hydrogens is 372 g/mol. The number of nitrogens with two attached hydrogens (primary N) is 1. The van der Waals surface area contributed by atoms with Crippen molar-refractivity contribution in [2.75, 3.05) is 13.2 Å². The van der Waals surface area contributed by atoms with Crippen LogP contribution in [-0.2, 0) is 14.3 Å². The Hall–Kier alpha value is -3.16. The molecule has 1 aliphatic carbocycles. The lowest BCUT2D eigenvalue weighted by Crippen LogP contribution is -2.51. The Morgan fingerprint density at radius 3 is 2.55 bits per heavy atom. The first-order valence-corrected chi connectivity index (χ1v) is 9.96. The lowest BCUT2D eigenvalue weighted by atomic mass is 10.0. The van der Waals surface area contributed by atoms with Gasteiger partial charge < -0.3 is 15.4 Å². The molecule has 2 aliphatic rings. The van der Waals surface area contributed by atoms with E-state index in [0.29, 0.717) is 18.9 Å². The molecule has 2 fully saturated rings. The zero-order valence-corrected chi connectivity index (χ0v) is 16.1. The zero-order chi connectivity index (χ0) is 20.4. The van der Waals surface area contributed by atoms with Crippen LogP contribution in [0.25, 0.3) is 5.69 Å². The van der Waals surface area contributed by atoms with Crippen molar-refractivity contribution < 1.29 is 19.1 Å². The summed E-state index contributed by atoms with van der Waals surface area (Å²) in [6.45, 7) is 0.0130. The van der Waals surface area contributed by atoms with E-state index in [4.69, 9.17) is 10.5 Å². The molecule has 0 radical (unpaired) electrons. The second-order valence-electron chi connectivity index (χ2n) is 7.55. The molecule has 2 N–H and O–H groups in total. The standard InChI is InChI=1S/C21H24N4O4/c22-20(27)17-8-4-5-11-24(17)19(26)13-29-21(28)18-12-16(14-9-10-14)23-25(18)15-6-2-1-3-7-15/h1-3,6-7,12,14,17H,4-5,8-11,13H2,(H2,22,27)/t17-/m0/s1. The smallest absolute Gasteiger partial charge is 0.357 e. The number of nitrogens with zero attached hydrogens (tertiary/aromatic N) is 3. The van der Waals surface area contributed by atoms with E-state index >= 15 is 0 Å². The molecule has 1 aromatic heterocycles. The Labute approximate surface area is 168 Å². The van der Waals surface area contributed by atoms with Crippen LogP contribution in [0, 0.1) is 0 Å². The van der Waals surface area contributed by atoms with Gasteiger partial charge in [-0.1, -0.05) is 18.2 Å². The summed E-state index contributed by atoms with van der Waals surface area (Å²) in [5.74, 6) is -1.18. The highest BCUT2D eigenvalue weighted by Crippen LogP contribution is 2.39. The molecule has 1 atom stereocenters. The molecule has 2 amide bonds. The molecule has 29 heavy (non-hydrogen) atoms. The summed E-state index contributed by atoms with van der Waals surface area (Å²) < 4.78 is 6.87. The van der Waals surface area contributed by atoms with Crippen LogP contribution in [0.1, 0.15) is 54.2 Å². The molecule has 2 aromatic rings. The van der Waals surface area contributed by atoms with E-state index in [2.05, 4.69) is 5.10 Å². The molecule has 1 saturated carbocycles. The van der Waals surface area contributed by atoms with E-state index in [1.807, 2.05) is 30.3 Å². The first-order valence-electron chi connectivity index (χ1n) is 9.96. The number of amides is 2. The highest BCUT2D eigenvalue weighted by atomic mass is 16.5. The lowest BCUT2D eigenvalue weighted by Gasteiger charge is -2.33. The molecule has 4 rings (SSSR count). The van der Waals surface area contributed by atoms with Gasteiger partial charge in [-0.25, -0.2) is 9.48 Å². The van der Waals surface area contributed by atoms with Gasteiger partial charge in [0.1, 0.15) is 6.04 Å². The van der Waals surface area contributed by atoms with Crippen molar-refractivity contribution in [3.05, 3.63) is 47.8 Å². The van der Waals surface area contributed by atoms with Gasteiger partial charge in [-0.3, -0.25) is 9.59 Å². The van der Waals surface area contributed by atoms with Gasteiger partial charge in [0.25, 0.3) is 5.91 Å². The van der Waals surface area contributed by atoms with Gasteiger partial charge in [0.15, 0.2) is 12.3 Å². The highest BCUT2D eigenvalue weighted by molar-refractivity contribution is 5.92. The van der Waals surface area contributed by atoms with Crippen LogP contribution in [0.4, 0.5) is 0 Å². The van der Waals surface area contributed by atoms with Crippen molar-refractivity contribution in [2.24, 2.45) is 5.73 Å². The van der Waals surface area contributed by atoms with Crippen molar-refractivity contribution in [2.45, 2.75) is 44.1 Å². The molecule has 2 heterocycles. The van der Waals surface area contributed by atoms with Crippen LogP contribution in [0.3, 0.4) is 0 Å². The fourth-order valence-corrected chi connectivity index (χ4v) is 3.70. The molecular formula is C21H24N4O4. The molecule has 0 bridgehead atoms. The SMILES string of the molecule is NC(=O)[C@@H]1CCCCN1C(=O)COC(=O)c1cc(C2CC2)nn1-c1ccccc1. The lowest BCUT2D eigenvalue weighted by molar-refractivity contribution is -0.143. The number of piperidine rings is 1. The van der Waals surface area contributed by atoms with E-state index in [1.165, 1.54) is 4.90 Å². The number of esters is 1. The zero-order valence-electron chi connectivity index (χ0n) is 16.1. The maximum atomic E-state index is 12.8. The maximum Gasteiger partial charge on any atom is 0.357 e. The number of aromatic nitrogens is 2. The van der Waals surface area contributed by atoms with Gasteiger partial charge in [-0.15, -0.1) is 0 Å². The van der Waals surface area contributed by atoms with E-state index < -0.39 is 30.4 Å². The van der Waals surface area contributed by atoms with Crippen molar-refractivity contribution in [3.8, 4) is 5.69 Å². The van der Waals surface area contributed by atoms with Crippen LogP contribution in [0.5, 0.6) is 0 Å². The van der Waals surface area contributed by atoms with Gasteiger partial charge in [-0.2, -0.15) is 5.10 Å². The number of likely N-dealkylation sites (tertiary alicyclic amines) is 1. The predicted molar refractivity (Wildman–Crippen MR) is 104 cm³/mol. The number of carbonyl (C=O) groups excluding carboxylic acids is 3. The summed E-state index contributed by atoms with van der Waals surface area (Å²) in [4.78, 5) is 38.3. The van der Waals surface area contributed by atoms with E-state index in [9.17, 15) is 14.4 Å². The van der Waals surface area contributed by atoms with E-state index in [-0.39, 0.29) is 5.69 Å². The molecule has 1 aromatic carbocycles. The molecule has 0 spiro atoms. The molecule has 0 unspecified atom stereocenters. The summed E-state index contributed by atoms with van der Waals surface area (Å²) in [7, 11) is 0. The van der Waals surface area contributed by atoms with Gasteiger partial charge in [-0.05, 0) is 50.3 Å². The Morgan fingerprint density at radius 1 is 1.10 bits per heavy atom. The summed E-state index contributed by atoms with van der Waals surface area (Å²) >= 11 is 0. The number of hydrogen-bond donors (Lipinski definition) is 1. The molecule has 1 saturated heterocycles. The quantitative estimate of drug-likeness (QED) is 0.749. The number of ether oxygens (including phenoxy) is 1. The highest BCUT2D eigenvalue weighted by Gasteiger charge is 2.32. The summed E-state index contributed by atoms with van der Waals surface area (Å²) in [5.41, 5.74) is 7.31. The van der Waals surface area contributed by atoms with Crippen LogP contribution in [0.15, 0.2) is 36.4 Å². The first-order chi connectivity index (χ1) is 14.0. The average Bonchev–Trinajstić information content (AvgIpc) is 3.50. The summed E-state index contributed by atoms with van der Waals surface area (Å²) in [6.07, 6.45) is 4.30. The van der Waals surface area contributed by atoms with Crippen LogP contribution in [-0.4, -0.2) is 51.7 Å². The third kappa shape index (κ3) is 4.16. The first kappa shape index (κ1) is 19.2. The van der Waals surface area contributed by atoms with Crippen molar-refractivity contribution in [1.29, 1.82) is 0 Å². The monoisotopic (exact) mass is 396 g/mol. The maximum absolute atomic E-state index is 12.8. The van der Waals surface area contributed by atoms with Crippen molar-refractivity contribution in [1.82, 2.24) is 14.7 Å².